The van der Waals surface area contributed by atoms with E-state index in [1.165, 1.54) is 38.5 Å². The smallest absolute Gasteiger partial charge is 0.323 e. The van der Waals surface area contributed by atoms with Gasteiger partial charge in [-0.15, -0.1) is 0 Å². The molecule has 1 atom stereocenters. The second kappa shape index (κ2) is 9.37. The minimum atomic E-state index is -0.458. The van der Waals surface area contributed by atoms with E-state index in [2.05, 4.69) is 6.92 Å². The maximum Gasteiger partial charge on any atom is 0.323 e. The zero-order valence-corrected chi connectivity index (χ0v) is 12.6. The van der Waals surface area contributed by atoms with Gasteiger partial charge in [0.2, 0.25) is 0 Å². The maximum atomic E-state index is 11.6. The van der Waals surface area contributed by atoms with Crippen LogP contribution in [0.3, 0.4) is 0 Å². The molecule has 108 valence electrons. The van der Waals surface area contributed by atoms with Gasteiger partial charge in [0.05, 0.1) is 0 Å². The third-order valence-corrected chi connectivity index (χ3v) is 2.83. The first-order valence-corrected chi connectivity index (χ1v) is 7.35. The van der Waals surface area contributed by atoms with Crippen LogP contribution in [0.1, 0.15) is 79.1 Å². The zero-order chi connectivity index (χ0) is 14.0. The average Bonchev–Trinajstić information content (AvgIpc) is 2.25. The molecule has 0 radical (unpaired) electrons. The first-order valence-electron chi connectivity index (χ1n) is 7.35. The molecule has 18 heavy (non-hydrogen) atoms. The molecule has 3 nitrogen and oxygen atoms in total. The van der Waals surface area contributed by atoms with Gasteiger partial charge < -0.3 is 10.5 Å². The van der Waals surface area contributed by atoms with E-state index in [9.17, 15) is 4.79 Å². The fourth-order valence-corrected chi connectivity index (χ4v) is 1.82. The van der Waals surface area contributed by atoms with Gasteiger partial charge in [0.1, 0.15) is 11.6 Å². The topological polar surface area (TPSA) is 52.3 Å². The van der Waals surface area contributed by atoms with Crippen molar-refractivity contribution in [2.45, 2.75) is 90.7 Å². The van der Waals surface area contributed by atoms with Gasteiger partial charge in [-0.3, -0.25) is 4.79 Å². The highest BCUT2D eigenvalue weighted by atomic mass is 16.6. The van der Waals surface area contributed by atoms with E-state index in [1.807, 2.05) is 20.8 Å². The number of hydrogen-bond acceptors (Lipinski definition) is 3. The second-order valence-electron chi connectivity index (χ2n) is 6.05. The van der Waals surface area contributed by atoms with Crippen LogP contribution in [0.15, 0.2) is 0 Å². The molecule has 0 spiro atoms. The molecule has 0 heterocycles. The van der Waals surface area contributed by atoms with Crippen LogP contribution in [0.5, 0.6) is 0 Å². The van der Waals surface area contributed by atoms with Crippen molar-refractivity contribution in [3.05, 3.63) is 0 Å². The normalized spacial score (nSPS) is 13.4. The summed E-state index contributed by atoms with van der Waals surface area (Å²) in [5, 5.41) is 0. The van der Waals surface area contributed by atoms with Gasteiger partial charge in [-0.2, -0.15) is 0 Å². The number of nitrogens with two attached hydrogens (primary N) is 1. The van der Waals surface area contributed by atoms with Crippen LogP contribution in [0.4, 0.5) is 0 Å². The van der Waals surface area contributed by atoms with Gasteiger partial charge in [0.15, 0.2) is 0 Å². The number of unbranched alkanes of at least 4 members (excludes halogenated alkanes) is 6. The quantitative estimate of drug-likeness (QED) is 0.505. The van der Waals surface area contributed by atoms with E-state index in [0.717, 1.165) is 12.8 Å². The molecular weight excluding hydrogens is 226 g/mol. The van der Waals surface area contributed by atoms with Gasteiger partial charge >= 0.3 is 5.97 Å². The predicted octanol–water partition coefficient (Wildman–Crippen LogP) is 3.80. The Morgan fingerprint density at radius 1 is 1.06 bits per heavy atom. The summed E-state index contributed by atoms with van der Waals surface area (Å²) in [4.78, 5) is 11.6. The molecule has 0 aliphatic rings. The van der Waals surface area contributed by atoms with Crippen molar-refractivity contribution in [3.8, 4) is 0 Å². The Hall–Kier alpha value is -0.570. The van der Waals surface area contributed by atoms with E-state index in [-0.39, 0.29) is 5.97 Å². The van der Waals surface area contributed by atoms with Crippen molar-refractivity contribution >= 4 is 5.97 Å². The number of ether oxygens (including phenoxy) is 1. The molecule has 0 rings (SSSR count). The van der Waals surface area contributed by atoms with Crippen molar-refractivity contribution in [1.82, 2.24) is 0 Å². The lowest BCUT2D eigenvalue weighted by atomic mass is 10.1. The molecule has 0 aromatic carbocycles. The van der Waals surface area contributed by atoms with E-state index in [1.54, 1.807) is 0 Å². The van der Waals surface area contributed by atoms with Crippen LogP contribution in [0.2, 0.25) is 0 Å². The predicted molar refractivity (Wildman–Crippen MR) is 76.4 cm³/mol. The van der Waals surface area contributed by atoms with E-state index in [0.29, 0.717) is 0 Å². The standard InChI is InChI=1S/C15H31NO2/c1-5-6-7-8-9-10-11-12-13(16)14(17)18-15(2,3)4/h13H,5-12,16H2,1-4H3. The molecule has 0 fully saturated rings. The number of carbonyl (C=O) groups is 1. The van der Waals surface area contributed by atoms with E-state index in [4.69, 9.17) is 10.5 Å². The van der Waals surface area contributed by atoms with Crippen molar-refractivity contribution < 1.29 is 9.53 Å². The van der Waals surface area contributed by atoms with Gasteiger partial charge in [-0.25, -0.2) is 0 Å². The molecule has 2 N–H and O–H groups in total. The van der Waals surface area contributed by atoms with Crippen LogP contribution in [-0.2, 0) is 9.53 Å². The lowest BCUT2D eigenvalue weighted by molar-refractivity contribution is -0.156. The third kappa shape index (κ3) is 10.6. The van der Waals surface area contributed by atoms with Crippen LogP contribution in [0, 0.1) is 0 Å². The first kappa shape index (κ1) is 17.4. The summed E-state index contributed by atoms with van der Waals surface area (Å²) < 4.78 is 5.25. The fourth-order valence-electron chi connectivity index (χ4n) is 1.82. The van der Waals surface area contributed by atoms with E-state index >= 15 is 0 Å². The molecule has 0 saturated carbocycles. The molecular formula is C15H31NO2. The summed E-state index contributed by atoms with van der Waals surface area (Å²) in [6.07, 6.45) is 9.42. The van der Waals surface area contributed by atoms with Crippen LogP contribution >= 0.6 is 0 Å². The number of carbonyl (C=O) groups excluding carboxylic acids is 1. The summed E-state index contributed by atoms with van der Waals surface area (Å²) in [7, 11) is 0. The van der Waals surface area contributed by atoms with Crippen molar-refractivity contribution in [3.63, 3.8) is 0 Å². The Labute approximate surface area is 112 Å². The molecule has 3 heteroatoms. The van der Waals surface area contributed by atoms with Crippen molar-refractivity contribution in [2.24, 2.45) is 5.73 Å². The summed E-state index contributed by atoms with van der Waals surface area (Å²) >= 11 is 0. The highest BCUT2D eigenvalue weighted by Gasteiger charge is 2.21. The first-order chi connectivity index (χ1) is 8.37. The number of rotatable bonds is 9. The molecule has 0 aliphatic heterocycles. The molecule has 0 saturated heterocycles. The molecule has 1 unspecified atom stereocenters. The Morgan fingerprint density at radius 2 is 1.56 bits per heavy atom. The van der Waals surface area contributed by atoms with Crippen molar-refractivity contribution in [2.75, 3.05) is 0 Å². The monoisotopic (exact) mass is 257 g/mol. The van der Waals surface area contributed by atoms with Crippen LogP contribution in [-0.4, -0.2) is 17.6 Å². The van der Waals surface area contributed by atoms with Crippen LogP contribution < -0.4 is 5.73 Å². The summed E-state index contributed by atoms with van der Waals surface area (Å²) in [5.41, 5.74) is 5.38. The number of esters is 1. The zero-order valence-electron chi connectivity index (χ0n) is 12.6. The van der Waals surface area contributed by atoms with Gasteiger partial charge in [0.25, 0.3) is 0 Å². The average molecular weight is 257 g/mol. The minimum Gasteiger partial charge on any atom is -0.459 e. The lowest BCUT2D eigenvalue weighted by Gasteiger charge is -2.22. The Balaban J connectivity index is 3.52. The highest BCUT2D eigenvalue weighted by molar-refractivity contribution is 5.75. The minimum absolute atomic E-state index is 0.270. The third-order valence-electron chi connectivity index (χ3n) is 2.83. The Bertz CT molecular complexity index is 221. The van der Waals surface area contributed by atoms with Crippen LogP contribution in [0.25, 0.3) is 0 Å². The number of hydrogen-bond donors (Lipinski definition) is 1. The molecule has 0 bridgehead atoms. The summed E-state index contributed by atoms with van der Waals surface area (Å²) in [6.45, 7) is 7.82. The second-order valence-corrected chi connectivity index (χ2v) is 6.05. The largest absolute Gasteiger partial charge is 0.459 e. The molecule has 0 aliphatic carbocycles. The van der Waals surface area contributed by atoms with Gasteiger partial charge in [-0.1, -0.05) is 51.9 Å². The molecule has 0 aromatic rings. The maximum absolute atomic E-state index is 11.6. The summed E-state index contributed by atoms with van der Waals surface area (Å²) in [6, 6.07) is -0.458. The van der Waals surface area contributed by atoms with E-state index < -0.39 is 11.6 Å². The van der Waals surface area contributed by atoms with Crippen molar-refractivity contribution in [1.29, 1.82) is 0 Å². The molecule has 0 aromatic heterocycles. The highest BCUT2D eigenvalue weighted by Crippen LogP contribution is 2.12. The Kier molecular flexibility index (Phi) is 9.08. The molecule has 0 amide bonds. The van der Waals surface area contributed by atoms with Gasteiger partial charge in [-0.05, 0) is 27.2 Å². The fraction of sp³-hybridized carbons (Fsp3) is 0.933. The Morgan fingerprint density at radius 3 is 2.06 bits per heavy atom. The SMILES string of the molecule is CCCCCCCCCC(N)C(=O)OC(C)(C)C. The summed E-state index contributed by atoms with van der Waals surface area (Å²) in [5.74, 6) is -0.270. The lowest BCUT2D eigenvalue weighted by Crippen LogP contribution is -2.37. The van der Waals surface area contributed by atoms with Gasteiger partial charge in [0, 0.05) is 0 Å².